The Morgan fingerprint density at radius 2 is 1.51 bits per heavy atom. The van der Waals surface area contributed by atoms with Crippen molar-refractivity contribution < 1.29 is 14.1 Å². The van der Waals surface area contributed by atoms with Crippen molar-refractivity contribution in [2.45, 2.75) is 0 Å². The van der Waals surface area contributed by atoms with Gasteiger partial charge in [-0.3, -0.25) is 14.9 Å². The number of nitro groups is 1. The fourth-order valence-electron chi connectivity index (χ4n) is 4.21. The molecule has 35 heavy (non-hydrogen) atoms. The molecule has 1 fully saturated rings. The van der Waals surface area contributed by atoms with Gasteiger partial charge in [-0.25, -0.2) is 9.07 Å². The van der Waals surface area contributed by atoms with E-state index in [0.717, 1.165) is 5.69 Å². The van der Waals surface area contributed by atoms with Crippen molar-refractivity contribution in [1.82, 2.24) is 14.7 Å². The number of non-ortho nitro benzene ring substituents is 1. The van der Waals surface area contributed by atoms with E-state index >= 15 is 0 Å². The van der Waals surface area contributed by atoms with Crippen molar-refractivity contribution in [3.63, 3.8) is 0 Å². The van der Waals surface area contributed by atoms with Crippen LogP contribution in [-0.2, 0) is 0 Å². The molecule has 0 saturated carbocycles. The van der Waals surface area contributed by atoms with Crippen LogP contribution in [0.3, 0.4) is 0 Å². The first-order valence-corrected chi connectivity index (χ1v) is 11.2. The molecule has 0 spiro atoms. The number of hydrogen-bond donors (Lipinski definition) is 0. The zero-order chi connectivity index (χ0) is 24.4. The summed E-state index contributed by atoms with van der Waals surface area (Å²) in [6.07, 6.45) is 0. The molecular weight excluding hydrogens is 449 g/mol. The number of carbonyl (C=O) groups excluding carboxylic acids is 1. The molecule has 1 saturated heterocycles. The van der Waals surface area contributed by atoms with E-state index in [1.54, 1.807) is 46.0 Å². The maximum atomic E-state index is 14.5. The minimum atomic E-state index is -0.425. The van der Waals surface area contributed by atoms with Gasteiger partial charge < -0.3 is 9.80 Å². The molecule has 8 nitrogen and oxygen atoms in total. The molecule has 0 bridgehead atoms. The van der Waals surface area contributed by atoms with E-state index in [1.807, 2.05) is 30.3 Å². The minimum absolute atomic E-state index is 0.0439. The van der Waals surface area contributed by atoms with Crippen LogP contribution in [0.5, 0.6) is 0 Å². The normalized spacial score (nSPS) is 13.6. The minimum Gasteiger partial charge on any atom is -0.368 e. The summed E-state index contributed by atoms with van der Waals surface area (Å²) in [6.45, 7) is 2.13. The first-order valence-electron chi connectivity index (χ1n) is 11.2. The summed E-state index contributed by atoms with van der Waals surface area (Å²) in [4.78, 5) is 27.9. The molecule has 3 aromatic carbocycles. The Morgan fingerprint density at radius 3 is 2.17 bits per heavy atom. The lowest BCUT2D eigenvalue weighted by atomic mass is 10.1. The van der Waals surface area contributed by atoms with Crippen molar-refractivity contribution in [2.75, 3.05) is 31.1 Å². The van der Waals surface area contributed by atoms with Crippen molar-refractivity contribution in [1.29, 1.82) is 0 Å². The molecule has 0 N–H and O–H groups in total. The topological polar surface area (TPSA) is 84.5 Å². The van der Waals surface area contributed by atoms with Crippen LogP contribution in [0.2, 0.25) is 0 Å². The smallest absolute Gasteiger partial charge is 0.272 e. The molecule has 1 amide bonds. The van der Waals surface area contributed by atoms with Crippen LogP contribution in [0, 0.1) is 15.9 Å². The van der Waals surface area contributed by atoms with Gasteiger partial charge in [0.05, 0.1) is 16.3 Å². The van der Waals surface area contributed by atoms with Crippen molar-refractivity contribution in [2.24, 2.45) is 0 Å². The van der Waals surface area contributed by atoms with E-state index in [4.69, 9.17) is 0 Å². The second-order valence-electron chi connectivity index (χ2n) is 8.19. The maximum absolute atomic E-state index is 14.5. The summed E-state index contributed by atoms with van der Waals surface area (Å²) < 4.78 is 16.0. The number of carbonyl (C=O) groups is 1. The third-order valence-electron chi connectivity index (χ3n) is 6.07. The third kappa shape index (κ3) is 4.48. The Labute approximate surface area is 201 Å². The van der Waals surface area contributed by atoms with E-state index in [2.05, 4.69) is 10.00 Å². The zero-order valence-corrected chi connectivity index (χ0v) is 18.8. The van der Waals surface area contributed by atoms with Crippen molar-refractivity contribution in [3.8, 4) is 16.9 Å². The Balaban J connectivity index is 1.39. The molecule has 1 aliphatic heterocycles. The number of benzene rings is 3. The van der Waals surface area contributed by atoms with Gasteiger partial charge in [0.15, 0.2) is 0 Å². The number of anilines is 1. The van der Waals surface area contributed by atoms with Gasteiger partial charge in [0.2, 0.25) is 0 Å². The Morgan fingerprint density at radius 1 is 0.857 bits per heavy atom. The molecule has 0 aliphatic carbocycles. The number of para-hydroxylation sites is 1. The summed E-state index contributed by atoms with van der Waals surface area (Å²) in [6, 6.07) is 23.7. The van der Waals surface area contributed by atoms with E-state index in [9.17, 15) is 19.3 Å². The molecule has 4 aromatic rings. The predicted octanol–water partition coefficient (Wildman–Crippen LogP) is 4.55. The van der Waals surface area contributed by atoms with Crippen LogP contribution in [0.15, 0.2) is 84.9 Å². The van der Waals surface area contributed by atoms with E-state index < -0.39 is 10.7 Å². The second-order valence-corrected chi connectivity index (χ2v) is 8.19. The van der Waals surface area contributed by atoms with Gasteiger partial charge in [-0.2, -0.15) is 5.10 Å². The number of piperazine rings is 1. The van der Waals surface area contributed by atoms with Gasteiger partial charge in [-0.15, -0.1) is 0 Å². The summed E-state index contributed by atoms with van der Waals surface area (Å²) in [5, 5.41) is 15.5. The molecule has 5 rings (SSSR count). The first kappa shape index (κ1) is 22.3. The van der Waals surface area contributed by atoms with Gasteiger partial charge in [0, 0.05) is 49.6 Å². The number of nitro benzene ring substituents is 1. The van der Waals surface area contributed by atoms with Gasteiger partial charge in [0.25, 0.3) is 11.6 Å². The fourth-order valence-corrected chi connectivity index (χ4v) is 4.21. The molecule has 0 radical (unpaired) electrons. The average molecular weight is 471 g/mol. The highest BCUT2D eigenvalue weighted by Gasteiger charge is 2.27. The van der Waals surface area contributed by atoms with Gasteiger partial charge in [-0.1, -0.05) is 30.3 Å². The monoisotopic (exact) mass is 471 g/mol. The molecule has 0 atom stereocenters. The largest absolute Gasteiger partial charge is 0.368 e. The van der Waals surface area contributed by atoms with Crippen LogP contribution < -0.4 is 4.90 Å². The highest BCUT2D eigenvalue weighted by Crippen LogP contribution is 2.26. The number of rotatable bonds is 5. The van der Waals surface area contributed by atoms with E-state index in [1.165, 1.54) is 18.2 Å². The highest BCUT2D eigenvalue weighted by molar-refractivity contribution is 5.94. The lowest BCUT2D eigenvalue weighted by Crippen LogP contribution is -2.49. The molecule has 1 aromatic heterocycles. The standard InChI is InChI=1S/C26H22FN5O3/c27-23-9-5-4-8-22(23)24-18-25(31(28-24)20-6-2-1-3-7-20)26(33)30-16-14-29(15-17-30)19-10-12-21(13-11-19)32(34)35/h1-13,18H,14-17H2. The molecule has 9 heteroatoms. The number of nitrogens with zero attached hydrogens (tertiary/aromatic N) is 5. The summed E-state index contributed by atoms with van der Waals surface area (Å²) in [5.41, 5.74) is 2.71. The lowest BCUT2D eigenvalue weighted by Gasteiger charge is -2.36. The van der Waals surface area contributed by atoms with Gasteiger partial charge in [-0.05, 0) is 42.5 Å². The van der Waals surface area contributed by atoms with Crippen LogP contribution in [0.25, 0.3) is 16.9 Å². The quantitative estimate of drug-likeness (QED) is 0.315. The van der Waals surface area contributed by atoms with E-state index in [0.29, 0.717) is 48.8 Å². The predicted molar refractivity (Wildman–Crippen MR) is 130 cm³/mol. The Hall–Kier alpha value is -4.53. The number of aromatic nitrogens is 2. The fraction of sp³-hybridized carbons (Fsp3) is 0.154. The Kier molecular flexibility index (Phi) is 5.97. The van der Waals surface area contributed by atoms with Crippen molar-refractivity contribution in [3.05, 3.63) is 107 Å². The molecule has 176 valence electrons. The van der Waals surface area contributed by atoms with Crippen LogP contribution >= 0.6 is 0 Å². The molecule has 1 aliphatic rings. The van der Waals surface area contributed by atoms with Crippen LogP contribution in [0.4, 0.5) is 15.8 Å². The Bertz CT molecular complexity index is 1360. The first-order chi connectivity index (χ1) is 17.0. The van der Waals surface area contributed by atoms with Gasteiger partial charge in [0.1, 0.15) is 11.5 Å². The summed E-state index contributed by atoms with van der Waals surface area (Å²) >= 11 is 0. The molecule has 0 unspecified atom stereocenters. The van der Waals surface area contributed by atoms with Crippen LogP contribution in [0.1, 0.15) is 10.5 Å². The third-order valence-corrected chi connectivity index (χ3v) is 6.07. The SMILES string of the molecule is O=C(c1cc(-c2ccccc2F)nn1-c1ccccc1)N1CCN(c2ccc([N+](=O)[O-])cc2)CC1. The van der Waals surface area contributed by atoms with Crippen molar-refractivity contribution >= 4 is 17.3 Å². The average Bonchev–Trinajstić information content (AvgIpc) is 3.34. The molecular formula is C26H22FN5O3. The lowest BCUT2D eigenvalue weighted by molar-refractivity contribution is -0.384. The summed E-state index contributed by atoms with van der Waals surface area (Å²) in [7, 11) is 0. The highest BCUT2D eigenvalue weighted by atomic mass is 19.1. The van der Waals surface area contributed by atoms with E-state index in [-0.39, 0.29) is 11.6 Å². The molecule has 2 heterocycles. The second kappa shape index (κ2) is 9.38. The zero-order valence-electron chi connectivity index (χ0n) is 18.8. The number of hydrogen-bond acceptors (Lipinski definition) is 5. The number of amides is 1. The maximum Gasteiger partial charge on any atom is 0.272 e. The number of halogens is 1. The van der Waals surface area contributed by atoms with Crippen LogP contribution in [-0.4, -0.2) is 51.7 Å². The summed E-state index contributed by atoms with van der Waals surface area (Å²) in [5.74, 6) is -0.590. The van der Waals surface area contributed by atoms with Gasteiger partial charge >= 0.3 is 0 Å².